The van der Waals surface area contributed by atoms with Crippen molar-refractivity contribution in [1.29, 1.82) is 0 Å². The normalized spacial score (nSPS) is 24.5. The minimum Gasteiger partial charge on any atom is -0.464 e. The molecule has 2 saturated heterocycles. The van der Waals surface area contributed by atoms with Crippen LogP contribution in [0.4, 0.5) is 0 Å². The van der Waals surface area contributed by atoms with Crippen molar-refractivity contribution in [1.82, 2.24) is 19.6 Å². The molecule has 2 amide bonds. The van der Waals surface area contributed by atoms with Crippen molar-refractivity contribution in [3.05, 3.63) is 0 Å². The molecular weight excluding hydrogens is 1020 g/mol. The lowest BCUT2D eigenvalue weighted by atomic mass is 9.89. The van der Waals surface area contributed by atoms with E-state index in [2.05, 4.69) is 14.7 Å². The Hall–Kier alpha value is -3.42. The molecule has 80 heavy (non-hydrogen) atoms. The number of β-amino-alcohol motifs (C(OH)–C–C–N with tert-alkyl or cyclic N) is 1. The third-order valence-corrected chi connectivity index (χ3v) is 16.2. The highest BCUT2D eigenvalue weighted by molar-refractivity contribution is 5.82. The number of hydrogen-bond acceptors (Lipinski definition) is 16. The van der Waals surface area contributed by atoms with Gasteiger partial charge in [0, 0.05) is 74.8 Å². The minimum absolute atomic E-state index is 0.0500. The number of carbonyl (C=O) groups excluding carboxylic acids is 6. The third-order valence-electron chi connectivity index (χ3n) is 16.2. The molecule has 4 aliphatic rings. The molecule has 18 nitrogen and oxygen atoms in total. The Morgan fingerprint density at radius 3 is 1.31 bits per heavy atom. The molecule has 4 N–H and O–H groups in total. The Morgan fingerprint density at radius 1 is 0.487 bits per heavy atom. The van der Waals surface area contributed by atoms with Crippen LogP contribution in [0.1, 0.15) is 236 Å². The quantitative estimate of drug-likeness (QED) is 0.0300. The van der Waals surface area contributed by atoms with Gasteiger partial charge in [-0.2, -0.15) is 0 Å². The van der Waals surface area contributed by atoms with Crippen LogP contribution < -0.4 is 0 Å². The van der Waals surface area contributed by atoms with E-state index in [1.165, 1.54) is 38.5 Å². The molecule has 4 fully saturated rings. The van der Waals surface area contributed by atoms with Gasteiger partial charge in [-0.05, 0) is 90.1 Å². The van der Waals surface area contributed by atoms with Crippen LogP contribution in [0.5, 0.6) is 0 Å². The number of piperidine rings is 2. The van der Waals surface area contributed by atoms with Gasteiger partial charge in [0.05, 0.1) is 24.8 Å². The second-order valence-electron chi connectivity index (χ2n) is 25.4. The summed E-state index contributed by atoms with van der Waals surface area (Å²) in [5, 5.41) is 39.3. The molecule has 0 aromatic carbocycles. The molecule has 0 unspecified atom stereocenters. The van der Waals surface area contributed by atoms with E-state index >= 15 is 0 Å². The highest BCUT2D eigenvalue weighted by Gasteiger charge is 2.50. The SMILES string of the molecule is CC(C)(C)C(=O)N(CCCCCCN1C[C@H](O)[C@@H](O)[C@H](O)[C@H]1CO)C1CCCCC1.CCCC(=O)OC[C@@H]1[C@@H](OC(=O)CCC)[C@H](OC(=O)CCC)[C@@H](OC(=O)CCC)CN1CCCCCCN(C(=O)C(C)(C)C)C1CCCCC1. The molecule has 2 aliphatic heterocycles. The summed E-state index contributed by atoms with van der Waals surface area (Å²) in [6.45, 7) is 22.5. The number of aliphatic hydroxyl groups is 4. The summed E-state index contributed by atoms with van der Waals surface area (Å²) in [6, 6.07) is -0.421. The molecule has 2 saturated carbocycles. The maximum atomic E-state index is 13.4. The van der Waals surface area contributed by atoms with Crippen molar-refractivity contribution in [2.75, 3.05) is 52.5 Å². The summed E-state index contributed by atoms with van der Waals surface area (Å²) in [4.78, 5) is 85.7. The monoisotopic (exact) mass is 1140 g/mol. The molecule has 0 radical (unpaired) electrons. The van der Waals surface area contributed by atoms with Crippen molar-refractivity contribution >= 4 is 35.7 Å². The second-order valence-corrected chi connectivity index (χ2v) is 25.4. The van der Waals surface area contributed by atoms with Crippen LogP contribution in [-0.4, -0.2) is 189 Å². The molecule has 8 atom stereocenters. The minimum atomic E-state index is -1.20. The first kappa shape index (κ1) is 70.8. The van der Waals surface area contributed by atoms with Gasteiger partial charge in [-0.3, -0.25) is 38.6 Å². The molecule has 0 bridgehead atoms. The van der Waals surface area contributed by atoms with Gasteiger partial charge in [0.25, 0.3) is 0 Å². The zero-order valence-electron chi connectivity index (χ0n) is 51.5. The number of amides is 2. The first-order valence-corrected chi connectivity index (χ1v) is 31.5. The number of likely N-dealkylation sites (tertiary alicyclic amines) is 2. The van der Waals surface area contributed by atoms with Crippen LogP contribution in [0.2, 0.25) is 0 Å². The van der Waals surface area contributed by atoms with Gasteiger partial charge in [-0.15, -0.1) is 0 Å². The molecule has 0 aromatic rings. The smallest absolute Gasteiger partial charge is 0.306 e. The highest BCUT2D eigenvalue weighted by atomic mass is 16.6. The highest BCUT2D eigenvalue weighted by Crippen LogP contribution is 2.32. The Labute approximate surface area is 482 Å². The summed E-state index contributed by atoms with van der Waals surface area (Å²) in [5.41, 5.74) is -0.768. The lowest BCUT2D eigenvalue weighted by Crippen LogP contribution is -2.65. The fourth-order valence-corrected chi connectivity index (χ4v) is 11.8. The maximum absolute atomic E-state index is 13.4. The van der Waals surface area contributed by atoms with Crippen molar-refractivity contribution in [3.8, 4) is 0 Å². The van der Waals surface area contributed by atoms with Gasteiger partial charge in [-0.1, -0.05) is 133 Å². The van der Waals surface area contributed by atoms with Crippen LogP contribution >= 0.6 is 0 Å². The molecular formula is C62H112N4O14. The summed E-state index contributed by atoms with van der Waals surface area (Å²) >= 11 is 0. The van der Waals surface area contributed by atoms with Gasteiger partial charge in [0.2, 0.25) is 11.8 Å². The van der Waals surface area contributed by atoms with Crippen LogP contribution in [0.3, 0.4) is 0 Å². The van der Waals surface area contributed by atoms with Crippen molar-refractivity contribution in [2.45, 2.75) is 297 Å². The first-order valence-electron chi connectivity index (χ1n) is 31.5. The number of unbranched alkanes of at least 4 members (excludes halogenated alkanes) is 6. The molecule has 0 aromatic heterocycles. The summed E-state index contributed by atoms with van der Waals surface area (Å²) < 4.78 is 23.6. The number of aliphatic hydroxyl groups excluding tert-OH is 4. The van der Waals surface area contributed by atoms with E-state index in [1.54, 1.807) is 0 Å². The van der Waals surface area contributed by atoms with Gasteiger partial charge < -0.3 is 49.2 Å². The Kier molecular flexibility index (Phi) is 32.8. The summed E-state index contributed by atoms with van der Waals surface area (Å²) in [6.07, 6.45) is 16.1. The topological polar surface area (TPSA) is 233 Å². The number of rotatable bonds is 30. The molecule has 0 spiro atoms. The van der Waals surface area contributed by atoms with E-state index in [9.17, 15) is 49.2 Å². The average Bonchev–Trinajstić information content (AvgIpc) is 3.52. The molecule has 4 rings (SSSR count). The fourth-order valence-electron chi connectivity index (χ4n) is 11.8. The van der Waals surface area contributed by atoms with Crippen molar-refractivity contribution < 1.29 is 68.1 Å². The Bertz CT molecular complexity index is 1810. The largest absolute Gasteiger partial charge is 0.464 e. The zero-order valence-corrected chi connectivity index (χ0v) is 51.5. The van der Waals surface area contributed by atoms with E-state index in [4.69, 9.17) is 18.9 Å². The van der Waals surface area contributed by atoms with E-state index < -0.39 is 72.0 Å². The molecule has 2 aliphatic carbocycles. The first-order chi connectivity index (χ1) is 38.0. The van der Waals surface area contributed by atoms with Crippen LogP contribution in [0.25, 0.3) is 0 Å². The molecule has 18 heteroatoms. The van der Waals surface area contributed by atoms with Crippen molar-refractivity contribution in [3.63, 3.8) is 0 Å². The number of esters is 4. The van der Waals surface area contributed by atoms with Gasteiger partial charge in [0.1, 0.15) is 18.8 Å². The predicted octanol–water partition coefficient (Wildman–Crippen LogP) is 8.43. The summed E-state index contributed by atoms with van der Waals surface area (Å²) in [7, 11) is 0. The second kappa shape index (κ2) is 37.0. The fraction of sp³-hybridized carbons (Fsp3) is 0.903. The lowest BCUT2D eigenvalue weighted by Gasteiger charge is -2.47. The van der Waals surface area contributed by atoms with Crippen LogP contribution in [-0.2, 0) is 47.7 Å². The maximum Gasteiger partial charge on any atom is 0.306 e. The van der Waals surface area contributed by atoms with Gasteiger partial charge >= 0.3 is 23.9 Å². The van der Waals surface area contributed by atoms with E-state index in [0.717, 1.165) is 90.1 Å². The van der Waals surface area contributed by atoms with E-state index in [1.807, 2.05) is 74.1 Å². The van der Waals surface area contributed by atoms with E-state index in [0.29, 0.717) is 50.9 Å². The number of nitrogens with zero attached hydrogens (tertiary/aromatic N) is 4. The zero-order chi connectivity index (χ0) is 59.4. The number of carbonyl (C=O) groups is 6. The molecule has 464 valence electrons. The van der Waals surface area contributed by atoms with Crippen molar-refractivity contribution in [2.24, 2.45) is 10.8 Å². The number of ether oxygens (including phenoxy) is 4. The standard InChI is InChI=1S/C39H68N2O9.C23H44N2O5/c1-8-19-32(42)47-28-30-36(49-34(44)21-10-3)37(50-35(45)22-11-4)31(48-33(43)20-9-2)27-40(30)25-17-12-13-18-26-41(38(46)39(5,6)7)29-23-15-14-16-24-29;1-23(2,3)22(30)25(17-11-7-6-8-12-17)14-10-5-4-9-13-24-15-19(27)21(29)20(28)18(24)16-26/h29-31,36-37H,8-28H2,1-7H3;17-21,26-29H,4-16H2,1-3H3/t30-,31+,36-,37-;18-,19+,20-,21-/m11/s1. The van der Waals surface area contributed by atoms with Crippen LogP contribution in [0.15, 0.2) is 0 Å². The van der Waals surface area contributed by atoms with Gasteiger partial charge in [0.15, 0.2) is 18.3 Å². The van der Waals surface area contributed by atoms with E-state index in [-0.39, 0.29) is 75.2 Å². The van der Waals surface area contributed by atoms with Crippen LogP contribution in [0, 0.1) is 10.8 Å². The molecule has 2 heterocycles. The van der Waals surface area contributed by atoms with Gasteiger partial charge in [-0.25, -0.2) is 0 Å². The predicted molar refractivity (Wildman–Crippen MR) is 309 cm³/mol. The Balaban J connectivity index is 0.000000476. The summed E-state index contributed by atoms with van der Waals surface area (Å²) in [5.74, 6) is -1.20. The Morgan fingerprint density at radius 2 is 0.887 bits per heavy atom. The lowest BCUT2D eigenvalue weighted by molar-refractivity contribution is -0.210. The average molecular weight is 1140 g/mol. The number of hydrogen-bond donors (Lipinski definition) is 4. The third kappa shape index (κ3) is 24.0.